The molecule has 0 aromatic carbocycles. The lowest BCUT2D eigenvalue weighted by Gasteiger charge is -2.03. The fraction of sp³-hybridized carbons (Fsp3) is 0.444. The van der Waals surface area contributed by atoms with Gasteiger partial charge in [-0.2, -0.15) is 0 Å². The van der Waals surface area contributed by atoms with Crippen LogP contribution in [0.25, 0.3) is 0 Å². The van der Waals surface area contributed by atoms with E-state index in [1.165, 1.54) is 13.0 Å². The topological polar surface area (TPSA) is 81.5 Å². The third kappa shape index (κ3) is 5.03. The lowest BCUT2D eigenvalue weighted by Crippen LogP contribution is -2.07. The van der Waals surface area contributed by atoms with Gasteiger partial charge in [0, 0.05) is 6.42 Å². The number of hydrogen-bond donors (Lipinski definition) is 2. The van der Waals surface area contributed by atoms with E-state index >= 15 is 0 Å². The molecule has 0 radical (unpaired) electrons. The van der Waals surface area contributed by atoms with Crippen molar-refractivity contribution in [1.82, 2.24) is 6.15 Å². The molecule has 0 unspecified atom stereocenters. The highest BCUT2D eigenvalue weighted by molar-refractivity contribution is 5.88. The van der Waals surface area contributed by atoms with E-state index in [-0.39, 0.29) is 24.1 Å². The van der Waals surface area contributed by atoms with E-state index in [2.05, 4.69) is 6.58 Å². The molecule has 0 saturated heterocycles. The molecular formula is C9H17NO3. The largest absolute Gasteiger partial charge is 0.512 e. The van der Waals surface area contributed by atoms with E-state index in [1.54, 1.807) is 6.92 Å². The van der Waals surface area contributed by atoms with Crippen molar-refractivity contribution in [2.75, 3.05) is 6.61 Å². The van der Waals surface area contributed by atoms with Gasteiger partial charge in [-0.1, -0.05) is 19.6 Å². The van der Waals surface area contributed by atoms with Gasteiger partial charge in [-0.15, -0.1) is 0 Å². The van der Waals surface area contributed by atoms with Gasteiger partial charge in [-0.05, 0) is 6.92 Å². The summed E-state index contributed by atoms with van der Waals surface area (Å²) in [4.78, 5) is 11.0. The molecule has 4 nitrogen and oxygen atoms in total. The average Bonchev–Trinajstić information content (AvgIpc) is 2.11. The van der Waals surface area contributed by atoms with Crippen LogP contribution >= 0.6 is 0 Å². The maximum Gasteiger partial charge on any atom is 0.337 e. The number of aliphatic hydroxyl groups excluding tert-OH is 1. The summed E-state index contributed by atoms with van der Waals surface area (Å²) < 4.78 is 4.70. The summed E-state index contributed by atoms with van der Waals surface area (Å²) in [5.41, 5.74) is 0.263. The van der Waals surface area contributed by atoms with Crippen LogP contribution in [0.5, 0.6) is 0 Å². The smallest absolute Gasteiger partial charge is 0.337 e. The van der Waals surface area contributed by atoms with Crippen molar-refractivity contribution in [3.63, 3.8) is 0 Å². The molecule has 0 rings (SSSR count). The Morgan fingerprint density at radius 3 is 2.54 bits per heavy atom. The molecule has 0 atom stereocenters. The van der Waals surface area contributed by atoms with Crippen LogP contribution in [-0.4, -0.2) is 17.7 Å². The number of allylic oxidation sites excluding steroid dienone is 1. The van der Waals surface area contributed by atoms with Crippen molar-refractivity contribution in [3.8, 4) is 0 Å². The minimum atomic E-state index is -0.491. The monoisotopic (exact) mass is 187 g/mol. The minimum absolute atomic E-state index is 0. The number of hydrogen-bond acceptors (Lipinski definition) is 4. The summed E-state index contributed by atoms with van der Waals surface area (Å²) in [6.07, 6.45) is 1.92. The molecule has 0 aromatic heterocycles. The molecule has 0 spiro atoms. The van der Waals surface area contributed by atoms with E-state index < -0.39 is 5.97 Å². The Morgan fingerprint density at radius 2 is 2.15 bits per heavy atom. The number of carbonyl (C=O) groups is 1. The van der Waals surface area contributed by atoms with Crippen molar-refractivity contribution in [1.29, 1.82) is 0 Å². The van der Waals surface area contributed by atoms with E-state index in [0.29, 0.717) is 6.42 Å². The maximum absolute atomic E-state index is 11.0. The van der Waals surface area contributed by atoms with Gasteiger partial charge < -0.3 is 16.0 Å². The van der Waals surface area contributed by atoms with Crippen LogP contribution in [0.15, 0.2) is 24.0 Å². The first-order valence-electron chi connectivity index (χ1n) is 3.80. The van der Waals surface area contributed by atoms with E-state index in [0.717, 1.165) is 0 Å². The van der Waals surface area contributed by atoms with E-state index in [4.69, 9.17) is 9.84 Å². The summed E-state index contributed by atoms with van der Waals surface area (Å²) in [7, 11) is 0. The molecule has 13 heavy (non-hydrogen) atoms. The molecule has 0 bridgehead atoms. The lowest BCUT2D eigenvalue weighted by molar-refractivity contribution is -0.138. The Bertz CT molecular complexity index is 209. The number of esters is 1. The Kier molecular flexibility index (Phi) is 8.07. The van der Waals surface area contributed by atoms with Crippen LogP contribution in [0.4, 0.5) is 0 Å². The standard InChI is InChI=1S/C9H14O3.H3N/c1-4-6-12-9(11)7(3)8(10)5-2;/h4,10H,1,5-6H2,2-3H3;1H3/b8-7+;. The van der Waals surface area contributed by atoms with Crippen LogP contribution in [0.2, 0.25) is 0 Å². The number of aliphatic hydroxyl groups is 1. The first kappa shape index (κ1) is 14.2. The zero-order valence-corrected chi connectivity index (χ0v) is 8.17. The molecule has 0 aliphatic carbocycles. The fourth-order valence-corrected chi connectivity index (χ4v) is 0.626. The van der Waals surface area contributed by atoms with Crippen LogP contribution in [-0.2, 0) is 9.53 Å². The Morgan fingerprint density at radius 1 is 1.62 bits per heavy atom. The van der Waals surface area contributed by atoms with E-state index in [1.807, 2.05) is 0 Å². The second-order valence-corrected chi connectivity index (χ2v) is 2.31. The summed E-state index contributed by atoms with van der Waals surface area (Å²) in [6.45, 7) is 6.87. The van der Waals surface area contributed by atoms with Gasteiger partial charge >= 0.3 is 5.97 Å². The van der Waals surface area contributed by atoms with Crippen molar-refractivity contribution >= 4 is 5.97 Å². The fourth-order valence-electron chi connectivity index (χ4n) is 0.626. The Balaban J connectivity index is 0. The van der Waals surface area contributed by atoms with E-state index in [9.17, 15) is 4.79 Å². The van der Waals surface area contributed by atoms with Gasteiger partial charge in [0.2, 0.25) is 0 Å². The molecule has 0 heterocycles. The summed E-state index contributed by atoms with van der Waals surface area (Å²) in [5.74, 6) is -0.418. The Labute approximate surface area is 78.5 Å². The number of rotatable bonds is 4. The second kappa shape index (κ2) is 7.36. The van der Waals surface area contributed by atoms with Crippen LogP contribution in [0.3, 0.4) is 0 Å². The molecule has 76 valence electrons. The molecule has 0 saturated carbocycles. The molecule has 0 amide bonds. The average molecular weight is 187 g/mol. The first-order chi connectivity index (χ1) is 5.63. The van der Waals surface area contributed by atoms with Crippen molar-refractivity contribution < 1.29 is 14.6 Å². The molecule has 4 N–H and O–H groups in total. The zero-order valence-electron chi connectivity index (χ0n) is 8.17. The predicted octanol–water partition coefficient (Wildman–Crippen LogP) is 2.12. The maximum atomic E-state index is 11.0. The normalized spacial score (nSPS) is 10.9. The minimum Gasteiger partial charge on any atom is -0.512 e. The van der Waals surface area contributed by atoms with Gasteiger partial charge in [-0.3, -0.25) is 0 Å². The van der Waals surface area contributed by atoms with Gasteiger partial charge in [-0.25, -0.2) is 4.79 Å². The molecule has 4 heteroatoms. The predicted molar refractivity (Wildman–Crippen MR) is 51.8 cm³/mol. The number of carbonyl (C=O) groups excluding carboxylic acids is 1. The lowest BCUT2D eigenvalue weighted by atomic mass is 10.2. The van der Waals surface area contributed by atoms with Crippen molar-refractivity contribution in [2.24, 2.45) is 0 Å². The van der Waals surface area contributed by atoms with Gasteiger partial charge in [0.15, 0.2) is 0 Å². The highest BCUT2D eigenvalue weighted by Crippen LogP contribution is 2.06. The third-order valence-electron chi connectivity index (χ3n) is 1.41. The summed E-state index contributed by atoms with van der Waals surface area (Å²) in [5, 5.41) is 9.15. The zero-order chi connectivity index (χ0) is 9.56. The van der Waals surface area contributed by atoms with Gasteiger partial charge in [0.1, 0.15) is 12.4 Å². The number of ether oxygens (including phenoxy) is 1. The van der Waals surface area contributed by atoms with Crippen molar-refractivity contribution in [2.45, 2.75) is 20.3 Å². The quantitative estimate of drug-likeness (QED) is 0.305. The van der Waals surface area contributed by atoms with Crippen LogP contribution < -0.4 is 6.15 Å². The first-order valence-corrected chi connectivity index (χ1v) is 3.80. The van der Waals surface area contributed by atoms with Gasteiger partial charge in [0.05, 0.1) is 5.57 Å². The summed E-state index contributed by atoms with van der Waals surface area (Å²) in [6, 6.07) is 0. The molecule has 0 fully saturated rings. The van der Waals surface area contributed by atoms with Crippen LogP contribution in [0, 0.1) is 0 Å². The van der Waals surface area contributed by atoms with Crippen molar-refractivity contribution in [3.05, 3.63) is 24.0 Å². The summed E-state index contributed by atoms with van der Waals surface area (Å²) >= 11 is 0. The molecule has 0 aliphatic rings. The molecule has 0 aliphatic heterocycles. The Hall–Kier alpha value is -1.29. The molecule has 0 aromatic rings. The SMILES string of the molecule is C=CCOC(=O)/C(C)=C(/O)CC.N. The highest BCUT2D eigenvalue weighted by Gasteiger charge is 2.08. The second-order valence-electron chi connectivity index (χ2n) is 2.31. The highest BCUT2D eigenvalue weighted by atomic mass is 16.5. The van der Waals surface area contributed by atoms with Gasteiger partial charge in [0.25, 0.3) is 0 Å². The third-order valence-corrected chi connectivity index (χ3v) is 1.41. The van der Waals surface area contributed by atoms with Crippen LogP contribution in [0.1, 0.15) is 20.3 Å². The molecular weight excluding hydrogens is 170 g/mol.